The molecule has 94 valence electrons. The van der Waals surface area contributed by atoms with Crippen LogP contribution in [0.2, 0.25) is 0 Å². The number of aromatic nitrogens is 2. The van der Waals surface area contributed by atoms with Crippen LogP contribution in [0.5, 0.6) is 0 Å². The molecule has 1 aromatic carbocycles. The Balaban J connectivity index is 1.78. The minimum atomic E-state index is -0.209. The highest BCUT2D eigenvalue weighted by atomic mass is 19.1. The molecule has 4 heteroatoms. The van der Waals surface area contributed by atoms with Gasteiger partial charge in [0, 0.05) is 18.8 Å². The van der Waals surface area contributed by atoms with E-state index in [0.717, 1.165) is 23.5 Å². The highest BCUT2D eigenvalue weighted by molar-refractivity contribution is 5.39. The number of rotatable bonds is 4. The summed E-state index contributed by atoms with van der Waals surface area (Å²) in [4.78, 5) is 0. The normalized spacial score (nSPS) is 15.0. The van der Waals surface area contributed by atoms with Gasteiger partial charge in [-0.25, -0.2) is 9.07 Å². The van der Waals surface area contributed by atoms with E-state index in [0.29, 0.717) is 6.04 Å². The van der Waals surface area contributed by atoms with E-state index in [4.69, 9.17) is 0 Å². The summed E-state index contributed by atoms with van der Waals surface area (Å²) in [6.45, 7) is 2.69. The molecule has 1 aliphatic rings. The maximum atomic E-state index is 13.0. The molecule has 0 aliphatic heterocycles. The molecule has 0 saturated heterocycles. The summed E-state index contributed by atoms with van der Waals surface area (Å²) in [7, 11) is 0. The lowest BCUT2D eigenvalue weighted by atomic mass is 10.2. The van der Waals surface area contributed by atoms with Gasteiger partial charge in [0.05, 0.1) is 11.4 Å². The van der Waals surface area contributed by atoms with E-state index < -0.39 is 0 Å². The zero-order chi connectivity index (χ0) is 12.5. The summed E-state index contributed by atoms with van der Waals surface area (Å²) >= 11 is 0. The maximum Gasteiger partial charge on any atom is 0.123 e. The van der Waals surface area contributed by atoms with Crippen LogP contribution in [0.15, 0.2) is 30.5 Å². The lowest BCUT2D eigenvalue weighted by molar-refractivity contribution is 0.625. The standard InChI is InChI=1S/C14H16FN3/c1-10-8-11(15)2-5-14(10)18-7-6-13(17-18)9-16-12-3-4-12/h2,5-8,12,16H,3-4,9H2,1H3. The van der Waals surface area contributed by atoms with Gasteiger partial charge in [-0.3, -0.25) is 0 Å². The third-order valence-electron chi connectivity index (χ3n) is 3.20. The van der Waals surface area contributed by atoms with Crippen molar-refractivity contribution in [2.45, 2.75) is 32.4 Å². The van der Waals surface area contributed by atoms with E-state index in [2.05, 4.69) is 10.4 Å². The van der Waals surface area contributed by atoms with Crippen LogP contribution in [0.3, 0.4) is 0 Å². The molecule has 0 amide bonds. The van der Waals surface area contributed by atoms with Crippen molar-refractivity contribution in [3.05, 3.63) is 47.5 Å². The Kier molecular flexibility index (Phi) is 2.88. The molecule has 18 heavy (non-hydrogen) atoms. The Labute approximate surface area is 106 Å². The average Bonchev–Trinajstić information content (AvgIpc) is 3.05. The van der Waals surface area contributed by atoms with Crippen LogP contribution in [-0.4, -0.2) is 15.8 Å². The smallest absolute Gasteiger partial charge is 0.123 e. The third-order valence-corrected chi connectivity index (χ3v) is 3.20. The first kappa shape index (κ1) is 11.4. The second kappa shape index (κ2) is 4.53. The molecule has 0 unspecified atom stereocenters. The van der Waals surface area contributed by atoms with Gasteiger partial charge in [0.1, 0.15) is 5.82 Å². The SMILES string of the molecule is Cc1cc(F)ccc1-n1ccc(CNC2CC2)n1. The van der Waals surface area contributed by atoms with Crippen LogP contribution in [-0.2, 0) is 6.54 Å². The molecule has 1 heterocycles. The van der Waals surface area contributed by atoms with Crippen molar-refractivity contribution in [3.63, 3.8) is 0 Å². The van der Waals surface area contributed by atoms with Crippen molar-refractivity contribution in [2.24, 2.45) is 0 Å². The summed E-state index contributed by atoms with van der Waals surface area (Å²) in [5.41, 5.74) is 2.83. The maximum absolute atomic E-state index is 13.0. The van der Waals surface area contributed by atoms with Crippen molar-refractivity contribution >= 4 is 0 Å². The number of aryl methyl sites for hydroxylation is 1. The molecule has 1 aliphatic carbocycles. The monoisotopic (exact) mass is 245 g/mol. The lowest BCUT2D eigenvalue weighted by Crippen LogP contribution is -2.15. The molecule has 1 saturated carbocycles. The molecule has 3 nitrogen and oxygen atoms in total. The van der Waals surface area contributed by atoms with Crippen LogP contribution in [0.1, 0.15) is 24.1 Å². The van der Waals surface area contributed by atoms with E-state index >= 15 is 0 Å². The molecule has 0 bridgehead atoms. The second-order valence-corrected chi connectivity index (χ2v) is 4.84. The van der Waals surface area contributed by atoms with Gasteiger partial charge < -0.3 is 5.32 Å². The van der Waals surface area contributed by atoms with Crippen molar-refractivity contribution in [1.29, 1.82) is 0 Å². The Bertz CT molecular complexity index is 558. The summed E-state index contributed by atoms with van der Waals surface area (Å²) in [5, 5.41) is 7.93. The van der Waals surface area contributed by atoms with E-state index in [1.807, 2.05) is 19.2 Å². The molecule has 1 aromatic heterocycles. The molecule has 1 fully saturated rings. The third kappa shape index (κ3) is 2.43. The minimum absolute atomic E-state index is 0.209. The fourth-order valence-corrected chi connectivity index (χ4v) is 2.00. The van der Waals surface area contributed by atoms with Gasteiger partial charge in [-0.1, -0.05) is 0 Å². The topological polar surface area (TPSA) is 29.9 Å². The Morgan fingerprint density at radius 2 is 2.22 bits per heavy atom. The Morgan fingerprint density at radius 3 is 2.94 bits per heavy atom. The van der Waals surface area contributed by atoms with Crippen LogP contribution in [0.25, 0.3) is 5.69 Å². The van der Waals surface area contributed by atoms with Gasteiger partial charge in [-0.2, -0.15) is 5.10 Å². The molecule has 2 aromatic rings. The zero-order valence-electron chi connectivity index (χ0n) is 10.4. The van der Waals surface area contributed by atoms with Crippen LogP contribution in [0.4, 0.5) is 4.39 Å². The molecular formula is C14H16FN3. The van der Waals surface area contributed by atoms with Crippen molar-refractivity contribution < 1.29 is 4.39 Å². The molecular weight excluding hydrogens is 229 g/mol. The van der Waals surface area contributed by atoms with Crippen LogP contribution in [0, 0.1) is 12.7 Å². The number of nitrogens with zero attached hydrogens (tertiary/aromatic N) is 2. The Hall–Kier alpha value is -1.68. The van der Waals surface area contributed by atoms with Gasteiger partial charge >= 0.3 is 0 Å². The fourth-order valence-electron chi connectivity index (χ4n) is 2.00. The predicted molar refractivity (Wildman–Crippen MR) is 68.1 cm³/mol. The number of nitrogens with one attached hydrogen (secondary N) is 1. The van der Waals surface area contributed by atoms with Crippen molar-refractivity contribution in [2.75, 3.05) is 0 Å². The first-order valence-corrected chi connectivity index (χ1v) is 6.27. The van der Waals surface area contributed by atoms with Crippen LogP contribution < -0.4 is 5.32 Å². The van der Waals surface area contributed by atoms with Crippen molar-refractivity contribution in [1.82, 2.24) is 15.1 Å². The van der Waals surface area contributed by atoms with Crippen LogP contribution >= 0.6 is 0 Å². The van der Waals surface area contributed by atoms with Gasteiger partial charge in [-0.15, -0.1) is 0 Å². The Morgan fingerprint density at radius 1 is 1.39 bits per heavy atom. The lowest BCUT2D eigenvalue weighted by Gasteiger charge is -2.05. The number of hydrogen-bond acceptors (Lipinski definition) is 2. The summed E-state index contributed by atoms with van der Waals surface area (Å²) in [6, 6.07) is 7.43. The van der Waals surface area contributed by atoms with E-state index in [1.165, 1.54) is 25.0 Å². The molecule has 3 rings (SSSR count). The average molecular weight is 245 g/mol. The number of halogens is 1. The van der Waals surface area contributed by atoms with Crippen molar-refractivity contribution in [3.8, 4) is 5.69 Å². The van der Waals surface area contributed by atoms with Gasteiger partial charge in [-0.05, 0) is 49.6 Å². The molecule has 0 spiro atoms. The molecule has 0 radical (unpaired) electrons. The molecule has 0 atom stereocenters. The first-order valence-electron chi connectivity index (χ1n) is 6.27. The van der Waals surface area contributed by atoms with Gasteiger partial charge in [0.15, 0.2) is 0 Å². The zero-order valence-corrected chi connectivity index (χ0v) is 10.4. The fraction of sp³-hybridized carbons (Fsp3) is 0.357. The number of hydrogen-bond donors (Lipinski definition) is 1. The van der Waals surface area contributed by atoms with E-state index in [1.54, 1.807) is 10.7 Å². The minimum Gasteiger partial charge on any atom is -0.308 e. The predicted octanol–water partition coefficient (Wildman–Crippen LogP) is 2.57. The number of benzene rings is 1. The second-order valence-electron chi connectivity index (χ2n) is 4.84. The van der Waals surface area contributed by atoms with E-state index in [-0.39, 0.29) is 5.82 Å². The summed E-state index contributed by atoms with van der Waals surface area (Å²) in [6.07, 6.45) is 4.47. The summed E-state index contributed by atoms with van der Waals surface area (Å²) in [5.74, 6) is -0.209. The quantitative estimate of drug-likeness (QED) is 0.897. The van der Waals surface area contributed by atoms with Gasteiger partial charge in [0.2, 0.25) is 0 Å². The highest BCUT2D eigenvalue weighted by Crippen LogP contribution is 2.19. The summed E-state index contributed by atoms with van der Waals surface area (Å²) < 4.78 is 14.8. The van der Waals surface area contributed by atoms with Gasteiger partial charge in [0.25, 0.3) is 0 Å². The highest BCUT2D eigenvalue weighted by Gasteiger charge is 2.20. The van der Waals surface area contributed by atoms with E-state index in [9.17, 15) is 4.39 Å². The molecule has 1 N–H and O–H groups in total. The first-order chi connectivity index (χ1) is 8.72. The largest absolute Gasteiger partial charge is 0.308 e.